The van der Waals surface area contributed by atoms with E-state index in [4.69, 9.17) is 5.14 Å². The Morgan fingerprint density at radius 3 is 2.27 bits per heavy atom. The van der Waals surface area contributed by atoms with Crippen LogP contribution in [0.4, 0.5) is 0 Å². The van der Waals surface area contributed by atoms with Gasteiger partial charge in [0.2, 0.25) is 15.9 Å². The molecule has 3 aromatic rings. The van der Waals surface area contributed by atoms with Crippen LogP contribution < -0.4 is 10.5 Å². The van der Waals surface area contributed by atoms with Crippen molar-refractivity contribution in [1.29, 1.82) is 0 Å². The maximum absolute atomic E-state index is 13.1. The molecule has 11 heteroatoms. The van der Waals surface area contributed by atoms with Crippen LogP contribution in [0.1, 0.15) is 25.5 Å². The average Bonchev–Trinajstić information content (AvgIpc) is 3.25. The summed E-state index contributed by atoms with van der Waals surface area (Å²) in [7, 11) is -3.82. The number of aliphatic carboxylic acids is 1. The van der Waals surface area contributed by atoms with E-state index >= 15 is 0 Å². The first-order chi connectivity index (χ1) is 15.6. The second-order valence-electron chi connectivity index (χ2n) is 7.93. The van der Waals surface area contributed by atoms with Gasteiger partial charge in [-0.2, -0.15) is 0 Å². The highest BCUT2D eigenvalue weighted by Gasteiger charge is 2.29. The van der Waals surface area contributed by atoms with E-state index in [0.29, 0.717) is 11.3 Å². The van der Waals surface area contributed by atoms with E-state index in [9.17, 15) is 23.1 Å². The van der Waals surface area contributed by atoms with Crippen molar-refractivity contribution in [3.63, 3.8) is 0 Å². The molecule has 2 atom stereocenters. The molecular weight excluding hydrogens is 446 g/mol. The Hall–Kier alpha value is -3.57. The van der Waals surface area contributed by atoms with Gasteiger partial charge in [0.15, 0.2) is 0 Å². The Bertz CT molecular complexity index is 1220. The van der Waals surface area contributed by atoms with Gasteiger partial charge in [0.1, 0.15) is 17.8 Å². The number of carbonyl (C=O) groups is 2. The SMILES string of the molecule is CC(C)C(NC(=O)C(Cc1ccccc1)n1cc(-c2ccc(S(N)(=O)=O)cc2)nn1)C(=O)O. The summed E-state index contributed by atoms with van der Waals surface area (Å²) >= 11 is 0. The highest BCUT2D eigenvalue weighted by Crippen LogP contribution is 2.22. The lowest BCUT2D eigenvalue weighted by atomic mass is 10.0. The number of hydrogen-bond donors (Lipinski definition) is 3. The Balaban J connectivity index is 1.91. The van der Waals surface area contributed by atoms with Crippen LogP contribution in [0.3, 0.4) is 0 Å². The molecule has 0 saturated carbocycles. The molecule has 174 valence electrons. The fraction of sp³-hybridized carbons (Fsp3) is 0.273. The van der Waals surface area contributed by atoms with Gasteiger partial charge < -0.3 is 10.4 Å². The average molecular weight is 472 g/mol. The number of carboxylic acids is 1. The number of sulfonamides is 1. The lowest BCUT2D eigenvalue weighted by Crippen LogP contribution is -2.47. The van der Waals surface area contributed by atoms with Crippen molar-refractivity contribution < 1.29 is 23.1 Å². The molecule has 0 aliphatic carbocycles. The van der Waals surface area contributed by atoms with E-state index in [0.717, 1.165) is 5.56 Å². The van der Waals surface area contributed by atoms with Crippen LogP contribution >= 0.6 is 0 Å². The van der Waals surface area contributed by atoms with Gasteiger partial charge in [0, 0.05) is 12.0 Å². The van der Waals surface area contributed by atoms with Crippen LogP contribution in [0.2, 0.25) is 0 Å². The standard InChI is InChI=1S/C22H25N5O5S/c1-14(2)20(22(29)30)24-21(28)19(12-15-6-4-3-5-7-15)27-13-18(25-26-27)16-8-10-17(11-9-16)33(23,31)32/h3-11,13-14,19-20H,12H2,1-2H3,(H,24,28)(H,29,30)(H2,23,31,32). The van der Waals surface area contributed by atoms with E-state index in [-0.39, 0.29) is 17.2 Å². The molecule has 0 aliphatic rings. The third kappa shape index (κ3) is 6.02. The molecule has 0 bridgehead atoms. The fourth-order valence-electron chi connectivity index (χ4n) is 3.28. The van der Waals surface area contributed by atoms with Crippen LogP contribution in [0.25, 0.3) is 11.3 Å². The number of hydrogen-bond acceptors (Lipinski definition) is 6. The minimum atomic E-state index is -3.82. The van der Waals surface area contributed by atoms with Gasteiger partial charge in [-0.3, -0.25) is 4.79 Å². The molecular formula is C22H25N5O5S. The first kappa shape index (κ1) is 24.1. The second kappa shape index (κ2) is 9.92. The maximum atomic E-state index is 13.1. The number of aromatic nitrogens is 3. The highest BCUT2D eigenvalue weighted by atomic mass is 32.2. The van der Waals surface area contributed by atoms with Crippen molar-refractivity contribution in [2.24, 2.45) is 11.1 Å². The predicted molar refractivity (Wildman–Crippen MR) is 120 cm³/mol. The molecule has 10 nitrogen and oxygen atoms in total. The topological polar surface area (TPSA) is 157 Å². The molecule has 4 N–H and O–H groups in total. The van der Waals surface area contributed by atoms with Crippen LogP contribution in [0.5, 0.6) is 0 Å². The molecule has 0 aliphatic heterocycles. The predicted octanol–water partition coefficient (Wildman–Crippen LogP) is 1.60. The molecule has 0 spiro atoms. The first-order valence-electron chi connectivity index (χ1n) is 10.2. The zero-order chi connectivity index (χ0) is 24.2. The van der Waals surface area contributed by atoms with E-state index in [2.05, 4.69) is 15.6 Å². The van der Waals surface area contributed by atoms with Crippen molar-refractivity contribution in [2.45, 2.75) is 37.2 Å². The third-order valence-corrected chi connectivity index (χ3v) is 6.04. The third-order valence-electron chi connectivity index (χ3n) is 5.11. The van der Waals surface area contributed by atoms with E-state index < -0.39 is 34.0 Å². The van der Waals surface area contributed by atoms with Gasteiger partial charge in [-0.25, -0.2) is 23.0 Å². The first-order valence-corrected chi connectivity index (χ1v) is 11.7. The van der Waals surface area contributed by atoms with Gasteiger partial charge in [-0.05, 0) is 23.6 Å². The number of primary sulfonamides is 1. The zero-order valence-electron chi connectivity index (χ0n) is 18.1. The molecule has 2 unspecified atom stereocenters. The van der Waals surface area contributed by atoms with Crippen LogP contribution in [0.15, 0.2) is 65.7 Å². The summed E-state index contributed by atoms with van der Waals surface area (Å²) in [6.07, 6.45) is 1.83. The minimum absolute atomic E-state index is 0.0339. The number of benzene rings is 2. The zero-order valence-corrected chi connectivity index (χ0v) is 18.9. The smallest absolute Gasteiger partial charge is 0.326 e. The number of amides is 1. The maximum Gasteiger partial charge on any atom is 0.326 e. The van der Waals surface area contributed by atoms with Gasteiger partial charge in [-0.1, -0.05) is 61.5 Å². The lowest BCUT2D eigenvalue weighted by Gasteiger charge is -2.22. The Morgan fingerprint density at radius 2 is 1.73 bits per heavy atom. The Morgan fingerprint density at radius 1 is 1.09 bits per heavy atom. The van der Waals surface area contributed by atoms with Gasteiger partial charge >= 0.3 is 5.97 Å². The van der Waals surface area contributed by atoms with Crippen molar-refractivity contribution >= 4 is 21.9 Å². The summed E-state index contributed by atoms with van der Waals surface area (Å²) in [5, 5.41) is 25.4. The van der Waals surface area contributed by atoms with Crippen molar-refractivity contribution in [3.05, 3.63) is 66.4 Å². The van der Waals surface area contributed by atoms with Gasteiger partial charge in [0.25, 0.3) is 0 Å². The fourth-order valence-corrected chi connectivity index (χ4v) is 3.80. The second-order valence-corrected chi connectivity index (χ2v) is 9.49. The Labute approximate surface area is 191 Å². The minimum Gasteiger partial charge on any atom is -0.480 e. The number of nitrogens with two attached hydrogens (primary N) is 1. The van der Waals surface area contributed by atoms with Crippen molar-refractivity contribution in [3.8, 4) is 11.3 Å². The number of carboxylic acid groups (broad SMARTS) is 1. The summed E-state index contributed by atoms with van der Waals surface area (Å²) in [6, 6.07) is 13.2. The molecule has 1 amide bonds. The summed E-state index contributed by atoms with van der Waals surface area (Å²) in [5.74, 6) is -1.93. The number of carbonyl (C=O) groups excluding carboxylic acids is 1. The summed E-state index contributed by atoms with van der Waals surface area (Å²) in [6.45, 7) is 3.42. The molecule has 1 aromatic heterocycles. The molecule has 3 rings (SSSR count). The number of rotatable bonds is 9. The van der Waals surface area contributed by atoms with E-state index in [1.807, 2.05) is 30.3 Å². The van der Waals surface area contributed by atoms with Gasteiger partial charge in [0.05, 0.1) is 11.1 Å². The van der Waals surface area contributed by atoms with E-state index in [1.165, 1.54) is 16.8 Å². The molecule has 33 heavy (non-hydrogen) atoms. The molecule has 0 fully saturated rings. The summed E-state index contributed by atoms with van der Waals surface area (Å²) in [4.78, 5) is 24.7. The van der Waals surface area contributed by atoms with Crippen LogP contribution in [0, 0.1) is 5.92 Å². The molecule has 0 radical (unpaired) electrons. The van der Waals surface area contributed by atoms with Crippen molar-refractivity contribution in [2.75, 3.05) is 0 Å². The summed E-state index contributed by atoms with van der Waals surface area (Å²) in [5.41, 5.74) is 1.86. The molecule has 2 aromatic carbocycles. The highest BCUT2D eigenvalue weighted by molar-refractivity contribution is 7.89. The van der Waals surface area contributed by atoms with Crippen LogP contribution in [-0.2, 0) is 26.0 Å². The monoisotopic (exact) mass is 471 g/mol. The number of nitrogens with one attached hydrogen (secondary N) is 1. The number of nitrogens with zero attached hydrogens (tertiary/aromatic N) is 3. The van der Waals surface area contributed by atoms with Gasteiger partial charge in [-0.15, -0.1) is 5.10 Å². The normalized spacial score (nSPS) is 13.5. The van der Waals surface area contributed by atoms with Crippen molar-refractivity contribution in [1.82, 2.24) is 20.3 Å². The largest absolute Gasteiger partial charge is 0.480 e. The quantitative estimate of drug-likeness (QED) is 0.428. The summed E-state index contributed by atoms with van der Waals surface area (Å²) < 4.78 is 24.3. The molecule has 0 saturated heterocycles. The van der Waals surface area contributed by atoms with Crippen LogP contribution in [-0.4, -0.2) is 46.4 Å². The Kier molecular flexibility index (Phi) is 7.24. The van der Waals surface area contributed by atoms with E-state index in [1.54, 1.807) is 32.2 Å². The molecule has 1 heterocycles. The lowest BCUT2D eigenvalue weighted by molar-refractivity contribution is -0.143.